The molecule has 0 N–H and O–H groups in total. The van der Waals surface area contributed by atoms with Crippen LogP contribution in [0, 0.1) is 5.82 Å². The van der Waals surface area contributed by atoms with Crippen molar-refractivity contribution in [1.29, 1.82) is 0 Å². The Kier molecular flexibility index (Phi) is 3.72. The van der Waals surface area contributed by atoms with Crippen LogP contribution in [-0.4, -0.2) is 19.3 Å². The first-order valence-electron chi connectivity index (χ1n) is 4.89. The molecule has 1 unspecified atom stereocenters. The molecule has 1 saturated heterocycles. The predicted octanol–water partition coefficient (Wildman–Crippen LogP) is 2.89. The summed E-state index contributed by atoms with van der Waals surface area (Å²) in [6, 6.07) is 4.91. The summed E-state index contributed by atoms with van der Waals surface area (Å²) in [6.45, 7) is 1.95. The molecule has 0 aliphatic carbocycles. The summed E-state index contributed by atoms with van der Waals surface area (Å²) < 4.78 is 24.2. The van der Waals surface area contributed by atoms with E-state index in [0.29, 0.717) is 17.7 Å². The Morgan fingerprint density at radius 2 is 2.40 bits per heavy atom. The Morgan fingerprint density at radius 3 is 3.07 bits per heavy atom. The summed E-state index contributed by atoms with van der Waals surface area (Å²) in [4.78, 5) is 0. The SMILES string of the molecule is Fc1ccc(COC2CCOC2)cc1Br. The van der Waals surface area contributed by atoms with Gasteiger partial charge in [0.1, 0.15) is 5.82 Å². The molecular weight excluding hydrogens is 263 g/mol. The number of hydrogen-bond donors (Lipinski definition) is 0. The molecule has 2 nitrogen and oxygen atoms in total. The second-order valence-corrected chi connectivity index (χ2v) is 4.40. The molecular formula is C11H12BrFO2. The van der Waals surface area contributed by atoms with Gasteiger partial charge in [-0.05, 0) is 40.0 Å². The van der Waals surface area contributed by atoms with Gasteiger partial charge in [-0.1, -0.05) is 6.07 Å². The molecule has 15 heavy (non-hydrogen) atoms. The van der Waals surface area contributed by atoms with Crippen LogP contribution in [0.15, 0.2) is 22.7 Å². The Morgan fingerprint density at radius 1 is 1.53 bits per heavy atom. The van der Waals surface area contributed by atoms with E-state index in [1.54, 1.807) is 12.1 Å². The van der Waals surface area contributed by atoms with Crippen molar-refractivity contribution in [3.05, 3.63) is 34.1 Å². The highest BCUT2D eigenvalue weighted by atomic mass is 79.9. The van der Waals surface area contributed by atoms with Crippen molar-refractivity contribution < 1.29 is 13.9 Å². The fourth-order valence-corrected chi connectivity index (χ4v) is 1.91. The zero-order chi connectivity index (χ0) is 10.7. The van der Waals surface area contributed by atoms with E-state index in [0.717, 1.165) is 18.6 Å². The molecule has 1 aliphatic rings. The number of ether oxygens (including phenoxy) is 2. The van der Waals surface area contributed by atoms with E-state index in [-0.39, 0.29) is 11.9 Å². The van der Waals surface area contributed by atoms with Crippen molar-refractivity contribution in [2.75, 3.05) is 13.2 Å². The van der Waals surface area contributed by atoms with Crippen LogP contribution in [0.3, 0.4) is 0 Å². The molecule has 2 rings (SSSR count). The molecule has 1 heterocycles. The topological polar surface area (TPSA) is 18.5 Å². The van der Waals surface area contributed by atoms with Gasteiger partial charge < -0.3 is 9.47 Å². The maximum Gasteiger partial charge on any atom is 0.137 e. The van der Waals surface area contributed by atoms with Gasteiger partial charge >= 0.3 is 0 Å². The summed E-state index contributed by atoms with van der Waals surface area (Å²) in [5, 5.41) is 0. The molecule has 1 aromatic carbocycles. The number of rotatable bonds is 3. The largest absolute Gasteiger partial charge is 0.379 e. The average Bonchev–Trinajstić information content (AvgIpc) is 2.73. The smallest absolute Gasteiger partial charge is 0.137 e. The molecule has 1 aromatic rings. The molecule has 1 aliphatic heterocycles. The quantitative estimate of drug-likeness (QED) is 0.844. The molecule has 0 amide bonds. The van der Waals surface area contributed by atoms with Crippen LogP contribution in [0.4, 0.5) is 4.39 Å². The van der Waals surface area contributed by atoms with Crippen molar-refractivity contribution in [1.82, 2.24) is 0 Å². The van der Waals surface area contributed by atoms with Gasteiger partial charge in [0.25, 0.3) is 0 Å². The molecule has 0 radical (unpaired) electrons. The normalized spacial score (nSPS) is 20.8. The van der Waals surface area contributed by atoms with Gasteiger partial charge in [-0.2, -0.15) is 0 Å². The van der Waals surface area contributed by atoms with Gasteiger partial charge in [-0.3, -0.25) is 0 Å². The lowest BCUT2D eigenvalue weighted by Gasteiger charge is -2.09. The maximum atomic E-state index is 12.9. The van der Waals surface area contributed by atoms with E-state index < -0.39 is 0 Å². The molecule has 1 atom stereocenters. The van der Waals surface area contributed by atoms with Gasteiger partial charge in [-0.25, -0.2) is 4.39 Å². The Labute approximate surface area is 96.5 Å². The lowest BCUT2D eigenvalue weighted by atomic mass is 10.2. The van der Waals surface area contributed by atoms with Crippen molar-refractivity contribution in [2.45, 2.75) is 19.1 Å². The molecule has 0 spiro atoms. The van der Waals surface area contributed by atoms with Crippen LogP contribution in [0.2, 0.25) is 0 Å². The highest BCUT2D eigenvalue weighted by Crippen LogP contribution is 2.18. The maximum absolute atomic E-state index is 12.9. The molecule has 4 heteroatoms. The number of hydrogen-bond acceptors (Lipinski definition) is 2. The van der Waals surface area contributed by atoms with Crippen LogP contribution < -0.4 is 0 Å². The van der Waals surface area contributed by atoms with Crippen LogP contribution in [0.1, 0.15) is 12.0 Å². The molecule has 0 aromatic heterocycles. The van der Waals surface area contributed by atoms with Crippen molar-refractivity contribution in [3.63, 3.8) is 0 Å². The van der Waals surface area contributed by atoms with E-state index in [1.165, 1.54) is 6.07 Å². The monoisotopic (exact) mass is 274 g/mol. The summed E-state index contributed by atoms with van der Waals surface area (Å²) in [5.41, 5.74) is 0.968. The van der Waals surface area contributed by atoms with E-state index in [1.807, 2.05) is 0 Å². The van der Waals surface area contributed by atoms with E-state index in [2.05, 4.69) is 15.9 Å². The second-order valence-electron chi connectivity index (χ2n) is 3.55. The summed E-state index contributed by atoms with van der Waals surface area (Å²) in [5.74, 6) is -0.247. The first-order chi connectivity index (χ1) is 7.25. The lowest BCUT2D eigenvalue weighted by molar-refractivity contribution is 0.0317. The first-order valence-corrected chi connectivity index (χ1v) is 5.68. The van der Waals surface area contributed by atoms with Crippen LogP contribution in [0.5, 0.6) is 0 Å². The van der Waals surface area contributed by atoms with E-state index >= 15 is 0 Å². The fourth-order valence-electron chi connectivity index (χ4n) is 1.49. The van der Waals surface area contributed by atoms with Gasteiger partial charge in [0.15, 0.2) is 0 Å². The predicted molar refractivity (Wildman–Crippen MR) is 58.1 cm³/mol. The summed E-state index contributed by atoms with van der Waals surface area (Å²) >= 11 is 3.14. The van der Waals surface area contributed by atoms with E-state index in [4.69, 9.17) is 9.47 Å². The zero-order valence-electron chi connectivity index (χ0n) is 8.21. The number of benzene rings is 1. The standard InChI is InChI=1S/C11H12BrFO2/c12-10-5-8(1-2-11(10)13)6-15-9-3-4-14-7-9/h1-2,5,9H,3-4,6-7H2. The van der Waals surface area contributed by atoms with Crippen molar-refractivity contribution >= 4 is 15.9 Å². The van der Waals surface area contributed by atoms with Crippen molar-refractivity contribution in [2.24, 2.45) is 0 Å². The minimum Gasteiger partial charge on any atom is -0.379 e. The second kappa shape index (κ2) is 5.05. The van der Waals surface area contributed by atoms with Crippen LogP contribution >= 0.6 is 15.9 Å². The highest BCUT2D eigenvalue weighted by molar-refractivity contribution is 9.10. The third-order valence-electron chi connectivity index (χ3n) is 2.36. The molecule has 1 fully saturated rings. The highest BCUT2D eigenvalue weighted by Gasteiger charge is 2.15. The Hall–Kier alpha value is -0.450. The zero-order valence-corrected chi connectivity index (χ0v) is 9.80. The third kappa shape index (κ3) is 3.00. The fraction of sp³-hybridized carbons (Fsp3) is 0.455. The average molecular weight is 275 g/mol. The number of halogens is 2. The van der Waals surface area contributed by atoms with Gasteiger partial charge in [-0.15, -0.1) is 0 Å². The third-order valence-corrected chi connectivity index (χ3v) is 2.97. The first kappa shape index (κ1) is 11.0. The van der Waals surface area contributed by atoms with Crippen molar-refractivity contribution in [3.8, 4) is 0 Å². The summed E-state index contributed by atoms with van der Waals surface area (Å²) in [7, 11) is 0. The summed E-state index contributed by atoms with van der Waals surface area (Å²) in [6.07, 6.45) is 1.14. The lowest BCUT2D eigenvalue weighted by Crippen LogP contribution is -2.11. The van der Waals surface area contributed by atoms with E-state index in [9.17, 15) is 4.39 Å². The molecule has 82 valence electrons. The van der Waals surface area contributed by atoms with Crippen LogP contribution in [0.25, 0.3) is 0 Å². The van der Waals surface area contributed by atoms with Crippen LogP contribution in [-0.2, 0) is 16.1 Å². The minimum atomic E-state index is -0.247. The van der Waals surface area contributed by atoms with Gasteiger partial charge in [0.05, 0.1) is 23.8 Å². The molecule has 0 bridgehead atoms. The van der Waals surface area contributed by atoms with Gasteiger partial charge in [0.2, 0.25) is 0 Å². The Balaban J connectivity index is 1.90. The minimum absolute atomic E-state index is 0.189. The van der Waals surface area contributed by atoms with Gasteiger partial charge in [0, 0.05) is 6.61 Å². The Bertz CT molecular complexity index is 337. The molecule has 0 saturated carbocycles.